The van der Waals surface area contributed by atoms with Crippen LogP contribution in [0.15, 0.2) is 146 Å². The Morgan fingerprint density at radius 2 is 1.16 bits per heavy atom. The molecule has 0 unspecified atom stereocenters. The van der Waals surface area contributed by atoms with Gasteiger partial charge in [-0.2, -0.15) is 0 Å². The van der Waals surface area contributed by atoms with Crippen molar-refractivity contribution in [2.45, 2.75) is 0 Å². The number of hydrogen-bond donors (Lipinski definition) is 0. The summed E-state index contributed by atoms with van der Waals surface area (Å²) in [5.74, 6) is 3.50. The third-order valence-corrected chi connectivity index (χ3v) is 10.3. The topological polar surface area (TPSA) is 21.7 Å². The van der Waals surface area contributed by atoms with Crippen LogP contribution in [0.5, 0.6) is 23.0 Å². The molecule has 0 fully saturated rings. The van der Waals surface area contributed by atoms with Crippen LogP contribution in [0, 0.1) is 0 Å². The van der Waals surface area contributed by atoms with Crippen molar-refractivity contribution < 1.29 is 9.47 Å². The number of hydrogen-bond acceptors (Lipinski definition) is 4. The summed E-state index contributed by atoms with van der Waals surface area (Å²) in [6.07, 6.45) is 0. The van der Waals surface area contributed by atoms with E-state index in [9.17, 15) is 0 Å². The normalized spacial score (nSPS) is 12.8. The summed E-state index contributed by atoms with van der Waals surface area (Å²) < 4.78 is 15.8. The van der Waals surface area contributed by atoms with Crippen molar-refractivity contribution in [2.24, 2.45) is 0 Å². The molecular weight excluding hydrogens is 569 g/mol. The summed E-state index contributed by atoms with van der Waals surface area (Å²) in [5, 5.41) is 4.99. The predicted octanol–water partition coefficient (Wildman–Crippen LogP) is 9.41. The highest BCUT2D eigenvalue weighted by Crippen LogP contribution is 2.42. The van der Waals surface area contributed by atoms with Crippen molar-refractivity contribution in [3.8, 4) is 23.0 Å². The van der Waals surface area contributed by atoms with E-state index in [0.29, 0.717) is 0 Å². The zero-order valence-electron chi connectivity index (χ0n) is 24.1. The average Bonchev–Trinajstić information content (AvgIpc) is 3.45. The Morgan fingerprint density at radius 1 is 0.444 bits per heavy atom. The number of para-hydroxylation sites is 1. The molecule has 0 aliphatic carbocycles. The zero-order valence-corrected chi connectivity index (χ0v) is 24.9. The average molecular weight is 594 g/mol. The maximum atomic E-state index is 6.71. The molecular formula is C40H24BNO2S. The van der Waals surface area contributed by atoms with E-state index in [1.54, 1.807) is 0 Å². The van der Waals surface area contributed by atoms with Crippen LogP contribution >= 0.6 is 11.3 Å². The molecule has 210 valence electrons. The summed E-state index contributed by atoms with van der Waals surface area (Å²) >= 11 is 1.82. The van der Waals surface area contributed by atoms with Crippen molar-refractivity contribution in [2.75, 3.05) is 4.90 Å². The lowest BCUT2D eigenvalue weighted by molar-refractivity contribution is 0.465. The number of ether oxygens (including phenoxy) is 2. The van der Waals surface area contributed by atoms with Crippen LogP contribution in [-0.4, -0.2) is 6.71 Å². The Labute approximate surface area is 264 Å². The van der Waals surface area contributed by atoms with Crippen LogP contribution in [0.25, 0.3) is 30.9 Å². The van der Waals surface area contributed by atoms with E-state index in [0.717, 1.165) is 51.0 Å². The van der Waals surface area contributed by atoms with Crippen molar-refractivity contribution >= 4 is 82.4 Å². The number of anilines is 3. The van der Waals surface area contributed by atoms with Gasteiger partial charge in [0.1, 0.15) is 23.0 Å². The third-order valence-electron chi connectivity index (χ3n) is 9.15. The van der Waals surface area contributed by atoms with Crippen molar-refractivity contribution in [3.05, 3.63) is 146 Å². The Hall–Kier alpha value is -5.52. The van der Waals surface area contributed by atoms with Gasteiger partial charge in [0.25, 0.3) is 6.71 Å². The lowest BCUT2D eigenvalue weighted by Crippen LogP contribution is -2.57. The Morgan fingerprint density at radius 3 is 2.02 bits per heavy atom. The lowest BCUT2D eigenvalue weighted by atomic mass is 9.35. The maximum absolute atomic E-state index is 6.71. The van der Waals surface area contributed by atoms with Crippen LogP contribution in [-0.2, 0) is 0 Å². The standard InChI is InChI=1S/C40H24BNO2S/c1-2-11-27(12-3-1)42(28-18-17-25-9-4-5-10-26(25)21-28)29-19-20-32-36(22-29)43-34-14-8-15-35-40(34)41(32)33-23-31-30-13-6-7-16-38(30)45-39(31)24-37(33)44-35/h1-24H. The number of fused-ring (bicyclic) bond motifs is 8. The van der Waals surface area contributed by atoms with Gasteiger partial charge in [-0.1, -0.05) is 84.9 Å². The van der Waals surface area contributed by atoms with Gasteiger partial charge in [0, 0.05) is 48.8 Å². The van der Waals surface area contributed by atoms with Gasteiger partial charge in [0.15, 0.2) is 0 Å². The van der Waals surface area contributed by atoms with Crippen LogP contribution in [0.3, 0.4) is 0 Å². The van der Waals surface area contributed by atoms with E-state index in [1.807, 2.05) is 17.4 Å². The molecule has 0 amide bonds. The summed E-state index contributed by atoms with van der Waals surface area (Å²) in [6, 6.07) is 51.7. The Balaban J connectivity index is 1.17. The number of nitrogens with zero attached hydrogens (tertiary/aromatic N) is 1. The molecule has 45 heavy (non-hydrogen) atoms. The van der Waals surface area contributed by atoms with Crippen LogP contribution in [0.2, 0.25) is 0 Å². The molecule has 8 aromatic rings. The van der Waals surface area contributed by atoms with Gasteiger partial charge >= 0.3 is 0 Å². The maximum Gasteiger partial charge on any atom is 0.260 e. The van der Waals surface area contributed by atoms with E-state index in [1.165, 1.54) is 36.4 Å². The predicted molar refractivity (Wildman–Crippen MR) is 189 cm³/mol. The summed E-state index contributed by atoms with van der Waals surface area (Å²) in [7, 11) is 0. The minimum Gasteiger partial charge on any atom is -0.458 e. The molecule has 0 saturated heterocycles. The largest absolute Gasteiger partial charge is 0.458 e. The summed E-state index contributed by atoms with van der Waals surface area (Å²) in [6.45, 7) is 0.00616. The minimum atomic E-state index is 0.00616. The fourth-order valence-corrected chi connectivity index (χ4v) is 8.23. The quantitative estimate of drug-likeness (QED) is 0.191. The molecule has 0 bridgehead atoms. The first-order chi connectivity index (χ1) is 22.3. The molecule has 3 heterocycles. The van der Waals surface area contributed by atoms with Gasteiger partial charge in [-0.25, -0.2) is 0 Å². The van der Waals surface area contributed by atoms with E-state index in [4.69, 9.17) is 9.47 Å². The smallest absolute Gasteiger partial charge is 0.260 e. The molecule has 5 heteroatoms. The molecule has 2 aliphatic heterocycles. The highest BCUT2D eigenvalue weighted by molar-refractivity contribution is 7.25. The summed E-state index contributed by atoms with van der Waals surface area (Å²) in [4.78, 5) is 2.31. The van der Waals surface area contributed by atoms with Gasteiger partial charge in [-0.15, -0.1) is 11.3 Å². The number of thiophene rings is 1. The van der Waals surface area contributed by atoms with Crippen LogP contribution in [0.1, 0.15) is 0 Å². The van der Waals surface area contributed by atoms with E-state index in [-0.39, 0.29) is 6.71 Å². The number of rotatable bonds is 3. The molecule has 0 radical (unpaired) electrons. The first-order valence-electron chi connectivity index (χ1n) is 15.2. The Kier molecular flexibility index (Phi) is 5.25. The fraction of sp³-hybridized carbons (Fsp3) is 0. The highest BCUT2D eigenvalue weighted by Gasteiger charge is 2.40. The van der Waals surface area contributed by atoms with E-state index in [2.05, 4.69) is 144 Å². The van der Waals surface area contributed by atoms with Gasteiger partial charge in [-0.05, 0) is 76.3 Å². The first-order valence-corrected chi connectivity index (χ1v) is 16.0. The van der Waals surface area contributed by atoms with Crippen molar-refractivity contribution in [1.29, 1.82) is 0 Å². The second kappa shape index (κ2) is 9.49. The van der Waals surface area contributed by atoms with Crippen LogP contribution < -0.4 is 30.8 Å². The van der Waals surface area contributed by atoms with E-state index < -0.39 is 0 Å². The molecule has 3 nitrogen and oxygen atoms in total. The first kappa shape index (κ1) is 24.9. The highest BCUT2D eigenvalue weighted by atomic mass is 32.1. The monoisotopic (exact) mass is 593 g/mol. The van der Waals surface area contributed by atoms with Gasteiger partial charge in [-0.3, -0.25) is 0 Å². The van der Waals surface area contributed by atoms with Crippen LogP contribution in [0.4, 0.5) is 17.1 Å². The molecule has 0 atom stereocenters. The Bertz CT molecular complexity index is 2470. The second-order valence-electron chi connectivity index (χ2n) is 11.7. The van der Waals surface area contributed by atoms with Crippen molar-refractivity contribution in [1.82, 2.24) is 0 Å². The van der Waals surface area contributed by atoms with Gasteiger partial charge < -0.3 is 14.4 Å². The SMILES string of the molecule is c1ccc(N(c2ccc3c(c2)Oc2cccc4c2B3c2cc3c(cc2O4)sc2ccccc23)c2ccc3ccccc3c2)cc1. The molecule has 1 aromatic heterocycles. The van der Waals surface area contributed by atoms with Gasteiger partial charge in [0.2, 0.25) is 0 Å². The zero-order chi connectivity index (χ0) is 29.5. The minimum absolute atomic E-state index is 0.00616. The summed E-state index contributed by atoms with van der Waals surface area (Å²) in [5.41, 5.74) is 6.65. The second-order valence-corrected chi connectivity index (χ2v) is 12.8. The number of benzene rings is 7. The molecule has 0 spiro atoms. The molecule has 2 aliphatic rings. The molecule has 0 N–H and O–H groups in total. The lowest BCUT2D eigenvalue weighted by Gasteiger charge is -2.34. The fourth-order valence-electron chi connectivity index (χ4n) is 7.11. The molecule has 10 rings (SSSR count). The van der Waals surface area contributed by atoms with Gasteiger partial charge in [0.05, 0.1) is 0 Å². The molecule has 0 saturated carbocycles. The third kappa shape index (κ3) is 3.78. The van der Waals surface area contributed by atoms with Crippen molar-refractivity contribution in [3.63, 3.8) is 0 Å². The van der Waals surface area contributed by atoms with E-state index >= 15 is 0 Å². The molecule has 7 aromatic carbocycles.